The van der Waals surface area contributed by atoms with Crippen molar-refractivity contribution in [2.24, 2.45) is 5.92 Å². The topological polar surface area (TPSA) is 109 Å². The number of aliphatic hydroxyl groups is 1. The first-order chi connectivity index (χ1) is 15.7. The first kappa shape index (κ1) is 23.7. The fourth-order valence-electron chi connectivity index (χ4n) is 4.66. The van der Waals surface area contributed by atoms with Crippen LogP contribution in [0, 0.1) is 5.92 Å². The molecular formula is C21H26F3N3O6. The van der Waals surface area contributed by atoms with Crippen molar-refractivity contribution < 1.29 is 42.1 Å². The molecule has 3 heterocycles. The summed E-state index contributed by atoms with van der Waals surface area (Å²) in [6.07, 6.45) is -5.74. The molecule has 9 nitrogen and oxygen atoms in total. The second-order valence-electron chi connectivity index (χ2n) is 8.39. The molecular weight excluding hydrogens is 447 g/mol. The van der Waals surface area contributed by atoms with Gasteiger partial charge in [0.05, 0.1) is 43.4 Å². The molecule has 5 atom stereocenters. The number of hydrogen-bond acceptors (Lipinski definition) is 7. The Morgan fingerprint density at radius 2 is 1.97 bits per heavy atom. The van der Waals surface area contributed by atoms with E-state index in [4.69, 9.17) is 14.2 Å². The first-order valence-corrected chi connectivity index (χ1v) is 10.7. The van der Waals surface area contributed by atoms with Crippen LogP contribution >= 0.6 is 0 Å². The maximum atomic E-state index is 12.9. The van der Waals surface area contributed by atoms with Gasteiger partial charge in [0, 0.05) is 5.69 Å². The predicted octanol–water partition coefficient (Wildman–Crippen LogP) is 1.57. The number of ether oxygens (including phenoxy) is 3. The number of piperidine rings is 1. The summed E-state index contributed by atoms with van der Waals surface area (Å²) >= 11 is 0. The highest BCUT2D eigenvalue weighted by Gasteiger charge is 2.53. The standard InChI is InChI=1S/C21H26F3N3O6/c1-31-18(29)11-5-7-27(8-6-11)16-17(28)15(14-10-32-19(16)33-14)26-20(30)25-13-4-2-3-12(9-13)21(22,23)24/h2-4,9,11,14-17,19,28H,5-8,10H2,1H3,(H2,25,26,30)/t14-,15+,16-,17-,19+/m0/s1. The summed E-state index contributed by atoms with van der Waals surface area (Å²) in [6, 6.07) is 2.10. The molecule has 3 saturated heterocycles. The minimum absolute atomic E-state index is 0.0319. The normalized spacial score (nSPS) is 30.6. The summed E-state index contributed by atoms with van der Waals surface area (Å²) in [5, 5.41) is 16.1. The summed E-state index contributed by atoms with van der Waals surface area (Å²) < 4.78 is 55.1. The molecule has 0 saturated carbocycles. The van der Waals surface area contributed by atoms with E-state index in [1.54, 1.807) is 0 Å². The Hall–Kier alpha value is -2.41. The third-order valence-electron chi connectivity index (χ3n) is 6.36. The first-order valence-electron chi connectivity index (χ1n) is 10.7. The van der Waals surface area contributed by atoms with E-state index >= 15 is 0 Å². The number of alkyl halides is 3. The number of esters is 1. The Morgan fingerprint density at radius 3 is 2.64 bits per heavy atom. The number of likely N-dealkylation sites (tertiary alicyclic amines) is 1. The van der Waals surface area contributed by atoms with Crippen LogP contribution in [0.2, 0.25) is 0 Å². The lowest BCUT2D eigenvalue weighted by Gasteiger charge is -2.45. The monoisotopic (exact) mass is 473 g/mol. The van der Waals surface area contributed by atoms with Crippen molar-refractivity contribution in [3.8, 4) is 0 Å². The average molecular weight is 473 g/mol. The highest BCUT2D eigenvalue weighted by atomic mass is 19.4. The van der Waals surface area contributed by atoms with E-state index in [1.807, 2.05) is 4.90 Å². The Kier molecular flexibility index (Phi) is 6.80. The number of urea groups is 1. The van der Waals surface area contributed by atoms with Gasteiger partial charge in [-0.25, -0.2) is 4.79 Å². The number of anilines is 1. The van der Waals surface area contributed by atoms with Crippen LogP contribution in [-0.4, -0.2) is 79.4 Å². The number of fused-ring (bicyclic) bond motifs is 2. The number of amides is 2. The van der Waals surface area contributed by atoms with Crippen molar-refractivity contribution in [2.45, 2.75) is 49.6 Å². The van der Waals surface area contributed by atoms with E-state index in [2.05, 4.69) is 10.6 Å². The number of hydrogen-bond donors (Lipinski definition) is 3. The highest BCUT2D eigenvalue weighted by molar-refractivity contribution is 5.89. The Bertz CT molecular complexity index is 877. The van der Waals surface area contributed by atoms with Gasteiger partial charge >= 0.3 is 18.2 Å². The average Bonchev–Trinajstić information content (AvgIpc) is 3.21. The number of nitrogens with zero attached hydrogens (tertiary/aromatic N) is 1. The van der Waals surface area contributed by atoms with Crippen LogP contribution < -0.4 is 10.6 Å². The number of methoxy groups -OCH3 is 1. The maximum Gasteiger partial charge on any atom is 0.416 e. The van der Waals surface area contributed by atoms with Gasteiger partial charge in [-0.1, -0.05) is 6.07 Å². The third kappa shape index (κ3) is 5.08. The zero-order valence-corrected chi connectivity index (χ0v) is 17.9. The summed E-state index contributed by atoms with van der Waals surface area (Å²) in [6.45, 7) is 1.18. The quantitative estimate of drug-likeness (QED) is 0.570. The van der Waals surface area contributed by atoms with Crippen molar-refractivity contribution in [1.82, 2.24) is 10.2 Å². The number of carbonyl (C=O) groups is 2. The second kappa shape index (κ2) is 9.45. The van der Waals surface area contributed by atoms with Crippen LogP contribution in [-0.2, 0) is 25.2 Å². The third-order valence-corrected chi connectivity index (χ3v) is 6.36. The molecule has 0 unspecified atom stereocenters. The summed E-state index contributed by atoms with van der Waals surface area (Å²) in [5.74, 6) is -0.476. The number of carbonyl (C=O) groups excluding carboxylic acids is 2. The Labute approximate surface area is 188 Å². The van der Waals surface area contributed by atoms with Gasteiger partial charge in [-0.2, -0.15) is 13.2 Å². The number of rotatable bonds is 4. The van der Waals surface area contributed by atoms with Crippen LogP contribution in [0.3, 0.4) is 0 Å². The van der Waals surface area contributed by atoms with Gasteiger partial charge in [0.25, 0.3) is 0 Å². The van der Waals surface area contributed by atoms with Gasteiger partial charge in [0.1, 0.15) is 6.10 Å². The summed E-state index contributed by atoms with van der Waals surface area (Å²) in [4.78, 5) is 26.3. The van der Waals surface area contributed by atoms with E-state index in [0.717, 1.165) is 12.1 Å². The minimum Gasteiger partial charge on any atom is -0.469 e. The molecule has 182 valence electrons. The van der Waals surface area contributed by atoms with Gasteiger partial charge < -0.3 is 30.0 Å². The van der Waals surface area contributed by atoms with E-state index < -0.39 is 48.4 Å². The maximum absolute atomic E-state index is 12.9. The molecule has 2 amide bonds. The number of halogens is 3. The Balaban J connectivity index is 1.40. The molecule has 3 aliphatic rings. The van der Waals surface area contributed by atoms with Crippen LogP contribution in [0.5, 0.6) is 0 Å². The van der Waals surface area contributed by atoms with Gasteiger partial charge in [0.15, 0.2) is 6.29 Å². The summed E-state index contributed by atoms with van der Waals surface area (Å²) in [7, 11) is 1.35. The van der Waals surface area contributed by atoms with Crippen molar-refractivity contribution in [1.29, 1.82) is 0 Å². The van der Waals surface area contributed by atoms with Gasteiger partial charge in [-0.05, 0) is 44.1 Å². The van der Waals surface area contributed by atoms with Crippen LogP contribution in [0.15, 0.2) is 24.3 Å². The van der Waals surface area contributed by atoms with Crippen molar-refractivity contribution in [3.63, 3.8) is 0 Å². The number of benzene rings is 1. The number of nitrogens with one attached hydrogen (secondary N) is 2. The van der Waals surface area contributed by atoms with E-state index in [0.29, 0.717) is 25.9 Å². The van der Waals surface area contributed by atoms with Crippen molar-refractivity contribution >= 4 is 17.7 Å². The lowest BCUT2D eigenvalue weighted by atomic mass is 9.91. The van der Waals surface area contributed by atoms with E-state index in [9.17, 15) is 27.9 Å². The van der Waals surface area contributed by atoms with E-state index in [-0.39, 0.29) is 24.2 Å². The lowest BCUT2D eigenvalue weighted by molar-refractivity contribution is -0.185. The minimum atomic E-state index is -4.54. The zero-order valence-electron chi connectivity index (χ0n) is 17.9. The zero-order chi connectivity index (χ0) is 23.8. The molecule has 3 aliphatic heterocycles. The van der Waals surface area contributed by atoms with Crippen molar-refractivity contribution in [2.75, 3.05) is 32.1 Å². The van der Waals surface area contributed by atoms with Crippen molar-refractivity contribution in [3.05, 3.63) is 29.8 Å². The number of aliphatic hydroxyl groups excluding tert-OH is 1. The van der Waals surface area contributed by atoms with Gasteiger partial charge in [-0.3, -0.25) is 9.69 Å². The molecule has 3 fully saturated rings. The van der Waals surface area contributed by atoms with E-state index in [1.165, 1.54) is 19.2 Å². The highest BCUT2D eigenvalue weighted by Crippen LogP contribution is 2.34. The molecule has 4 rings (SSSR count). The Morgan fingerprint density at radius 1 is 1.24 bits per heavy atom. The molecule has 12 heteroatoms. The largest absolute Gasteiger partial charge is 0.469 e. The molecule has 1 aromatic rings. The van der Waals surface area contributed by atoms with Gasteiger partial charge in [0.2, 0.25) is 0 Å². The van der Waals surface area contributed by atoms with Gasteiger partial charge in [-0.15, -0.1) is 0 Å². The molecule has 0 aliphatic carbocycles. The molecule has 0 spiro atoms. The molecule has 3 N–H and O–H groups in total. The summed E-state index contributed by atoms with van der Waals surface area (Å²) in [5.41, 5.74) is -0.917. The fourth-order valence-corrected chi connectivity index (χ4v) is 4.66. The second-order valence-corrected chi connectivity index (χ2v) is 8.39. The van der Waals surface area contributed by atoms with Crippen LogP contribution in [0.25, 0.3) is 0 Å². The molecule has 33 heavy (non-hydrogen) atoms. The molecule has 0 aromatic heterocycles. The smallest absolute Gasteiger partial charge is 0.416 e. The van der Waals surface area contributed by atoms with Crippen LogP contribution in [0.1, 0.15) is 18.4 Å². The molecule has 0 radical (unpaired) electrons. The molecule has 1 aromatic carbocycles. The lowest BCUT2D eigenvalue weighted by Crippen LogP contribution is -2.66. The SMILES string of the molecule is COC(=O)C1CCN([C@@H]2[C@@H]3OC[C@H](O3)[C@@H](NC(=O)Nc3cccc(C(F)(F)F)c3)[C@@H]2O)CC1. The van der Waals surface area contributed by atoms with Crippen LogP contribution in [0.4, 0.5) is 23.7 Å². The predicted molar refractivity (Wildman–Crippen MR) is 108 cm³/mol. The molecule has 2 bridgehead atoms. The fraction of sp³-hybridized carbons (Fsp3) is 0.619.